The van der Waals surface area contributed by atoms with Crippen LogP contribution >= 0.6 is 11.6 Å². The first kappa shape index (κ1) is 14.0. The Kier molecular flexibility index (Phi) is 3.63. The normalized spacial score (nSPS) is 18.2. The fraction of sp³-hybridized carbons (Fsp3) is 0.357. The molecule has 2 aromatic rings. The number of hydrogen-bond acceptors (Lipinski definition) is 4. The summed E-state index contributed by atoms with van der Waals surface area (Å²) < 4.78 is 18.7. The molecule has 3 rings (SSSR count). The second kappa shape index (κ2) is 5.44. The predicted molar refractivity (Wildman–Crippen MR) is 74.1 cm³/mol. The Morgan fingerprint density at radius 3 is 3.00 bits per heavy atom. The Bertz CT molecular complexity index is 689. The lowest BCUT2D eigenvalue weighted by Gasteiger charge is -2.19. The molecule has 1 aliphatic rings. The van der Waals surface area contributed by atoms with Crippen molar-refractivity contribution in [3.8, 4) is 11.5 Å². The van der Waals surface area contributed by atoms with E-state index in [1.54, 1.807) is 4.90 Å². The van der Waals surface area contributed by atoms with Gasteiger partial charge in [-0.1, -0.05) is 11.6 Å². The van der Waals surface area contributed by atoms with Gasteiger partial charge < -0.3 is 9.32 Å². The van der Waals surface area contributed by atoms with E-state index in [2.05, 4.69) is 10.2 Å². The summed E-state index contributed by atoms with van der Waals surface area (Å²) in [7, 11) is 0. The van der Waals surface area contributed by atoms with E-state index in [-0.39, 0.29) is 22.9 Å². The van der Waals surface area contributed by atoms with Crippen molar-refractivity contribution in [1.82, 2.24) is 15.1 Å². The molecule has 21 heavy (non-hydrogen) atoms. The number of aromatic nitrogens is 2. The van der Waals surface area contributed by atoms with Crippen molar-refractivity contribution in [1.29, 1.82) is 0 Å². The molecular formula is C14H13ClFN3O2. The largest absolute Gasteiger partial charge is 0.418 e. The summed E-state index contributed by atoms with van der Waals surface area (Å²) in [6.45, 7) is 2.21. The maximum absolute atomic E-state index is 13.1. The number of amides is 1. The maximum Gasteiger partial charge on any atom is 0.249 e. The van der Waals surface area contributed by atoms with E-state index < -0.39 is 5.82 Å². The van der Waals surface area contributed by atoms with E-state index in [4.69, 9.17) is 16.0 Å². The van der Waals surface area contributed by atoms with Gasteiger partial charge in [-0.2, -0.15) is 0 Å². The number of nitrogens with zero attached hydrogens (tertiary/aromatic N) is 3. The Hall–Kier alpha value is -1.95. The molecule has 0 radical (unpaired) electrons. The summed E-state index contributed by atoms with van der Waals surface area (Å²) in [5.74, 6) is 0.169. The monoisotopic (exact) mass is 309 g/mol. The number of benzene rings is 1. The van der Waals surface area contributed by atoms with E-state index in [9.17, 15) is 9.18 Å². The molecule has 0 N–H and O–H groups in total. The van der Waals surface area contributed by atoms with Gasteiger partial charge in [-0.25, -0.2) is 4.39 Å². The average Bonchev–Trinajstić information content (AvgIpc) is 3.06. The molecule has 1 aliphatic heterocycles. The molecule has 0 bridgehead atoms. The van der Waals surface area contributed by atoms with Crippen LogP contribution in [0.5, 0.6) is 0 Å². The van der Waals surface area contributed by atoms with Gasteiger partial charge in [0.2, 0.25) is 17.7 Å². The van der Waals surface area contributed by atoms with Gasteiger partial charge in [0.1, 0.15) is 11.9 Å². The number of carbonyl (C=O) groups excluding carboxylic acids is 1. The van der Waals surface area contributed by atoms with Gasteiger partial charge in [0.05, 0.1) is 10.6 Å². The van der Waals surface area contributed by atoms with E-state index in [1.165, 1.54) is 25.1 Å². The lowest BCUT2D eigenvalue weighted by Crippen LogP contribution is -2.28. The minimum absolute atomic E-state index is 0.0166. The molecule has 0 saturated carbocycles. The van der Waals surface area contributed by atoms with Crippen LogP contribution in [0.1, 0.15) is 31.7 Å². The quantitative estimate of drug-likeness (QED) is 0.854. The summed E-state index contributed by atoms with van der Waals surface area (Å²) in [6.07, 6.45) is 1.69. The maximum atomic E-state index is 13.1. The first-order valence-electron chi connectivity index (χ1n) is 6.62. The van der Waals surface area contributed by atoms with Gasteiger partial charge in [0.25, 0.3) is 0 Å². The fourth-order valence-electron chi connectivity index (χ4n) is 2.54. The Labute approximate surface area is 125 Å². The molecular weight excluding hydrogens is 297 g/mol. The predicted octanol–water partition coefficient (Wildman–Crippen LogP) is 3.21. The van der Waals surface area contributed by atoms with Gasteiger partial charge in [0, 0.05) is 13.5 Å². The number of halogens is 2. The highest BCUT2D eigenvalue weighted by molar-refractivity contribution is 6.33. The van der Waals surface area contributed by atoms with Gasteiger partial charge in [-0.05, 0) is 31.0 Å². The molecule has 7 heteroatoms. The van der Waals surface area contributed by atoms with Crippen molar-refractivity contribution in [2.75, 3.05) is 6.54 Å². The van der Waals surface area contributed by atoms with Crippen LogP contribution in [0.15, 0.2) is 22.6 Å². The van der Waals surface area contributed by atoms with Gasteiger partial charge >= 0.3 is 0 Å². The number of rotatable bonds is 2. The number of likely N-dealkylation sites (tertiary alicyclic amines) is 1. The SMILES string of the molecule is CC(=O)N1CCC[C@@H]1c1nnc(-c2ccc(F)cc2Cl)o1. The Morgan fingerprint density at radius 1 is 1.48 bits per heavy atom. The number of hydrogen-bond donors (Lipinski definition) is 0. The highest BCUT2D eigenvalue weighted by atomic mass is 35.5. The molecule has 5 nitrogen and oxygen atoms in total. The van der Waals surface area contributed by atoms with Crippen LogP contribution in [0, 0.1) is 5.82 Å². The third kappa shape index (κ3) is 2.63. The first-order chi connectivity index (χ1) is 10.1. The number of carbonyl (C=O) groups is 1. The zero-order chi connectivity index (χ0) is 15.0. The zero-order valence-electron chi connectivity index (χ0n) is 11.3. The third-order valence-electron chi connectivity index (χ3n) is 3.54. The summed E-state index contributed by atoms with van der Waals surface area (Å²) >= 11 is 5.98. The topological polar surface area (TPSA) is 59.2 Å². The second-order valence-electron chi connectivity index (χ2n) is 4.94. The Balaban J connectivity index is 1.91. The summed E-state index contributed by atoms with van der Waals surface area (Å²) in [5, 5.41) is 8.17. The highest BCUT2D eigenvalue weighted by Gasteiger charge is 2.32. The molecule has 0 aliphatic carbocycles. The molecule has 2 heterocycles. The van der Waals surface area contributed by atoms with Crippen molar-refractivity contribution in [2.45, 2.75) is 25.8 Å². The molecule has 0 unspecified atom stereocenters. The average molecular weight is 310 g/mol. The minimum Gasteiger partial charge on any atom is -0.418 e. The van der Waals surface area contributed by atoms with E-state index in [0.29, 0.717) is 18.0 Å². The summed E-state index contributed by atoms with van der Waals surface area (Å²) in [5.41, 5.74) is 0.476. The van der Waals surface area contributed by atoms with E-state index in [1.807, 2.05) is 0 Å². The molecule has 1 fully saturated rings. The Morgan fingerprint density at radius 2 is 2.29 bits per heavy atom. The zero-order valence-corrected chi connectivity index (χ0v) is 12.1. The molecule has 0 spiro atoms. The van der Waals surface area contributed by atoms with Crippen LogP contribution in [0.25, 0.3) is 11.5 Å². The van der Waals surface area contributed by atoms with Crippen LogP contribution < -0.4 is 0 Å². The van der Waals surface area contributed by atoms with E-state index in [0.717, 1.165) is 12.8 Å². The molecule has 1 aromatic carbocycles. The lowest BCUT2D eigenvalue weighted by atomic mass is 10.2. The van der Waals surface area contributed by atoms with Crippen LogP contribution in [-0.4, -0.2) is 27.5 Å². The van der Waals surface area contributed by atoms with Crippen LogP contribution in [-0.2, 0) is 4.79 Å². The van der Waals surface area contributed by atoms with Crippen molar-refractivity contribution >= 4 is 17.5 Å². The van der Waals surface area contributed by atoms with Crippen LogP contribution in [0.4, 0.5) is 4.39 Å². The molecule has 1 saturated heterocycles. The van der Waals surface area contributed by atoms with Crippen molar-refractivity contribution in [3.63, 3.8) is 0 Å². The first-order valence-corrected chi connectivity index (χ1v) is 7.00. The summed E-state index contributed by atoms with van der Waals surface area (Å²) in [4.78, 5) is 13.3. The fourth-order valence-corrected chi connectivity index (χ4v) is 2.79. The molecule has 1 aromatic heterocycles. The summed E-state index contributed by atoms with van der Waals surface area (Å²) in [6, 6.07) is 3.77. The van der Waals surface area contributed by atoms with Crippen molar-refractivity contribution in [2.24, 2.45) is 0 Å². The lowest BCUT2D eigenvalue weighted by molar-refractivity contribution is -0.130. The molecule has 1 atom stereocenters. The van der Waals surface area contributed by atoms with E-state index >= 15 is 0 Å². The molecule has 110 valence electrons. The van der Waals surface area contributed by atoms with Crippen molar-refractivity contribution < 1.29 is 13.6 Å². The van der Waals surface area contributed by atoms with Gasteiger partial charge in [-0.3, -0.25) is 4.79 Å². The second-order valence-corrected chi connectivity index (χ2v) is 5.35. The van der Waals surface area contributed by atoms with Gasteiger partial charge in [-0.15, -0.1) is 10.2 Å². The molecule has 1 amide bonds. The van der Waals surface area contributed by atoms with Crippen LogP contribution in [0.3, 0.4) is 0 Å². The minimum atomic E-state index is -0.429. The van der Waals surface area contributed by atoms with Crippen molar-refractivity contribution in [3.05, 3.63) is 34.9 Å². The highest BCUT2D eigenvalue weighted by Crippen LogP contribution is 2.34. The third-order valence-corrected chi connectivity index (χ3v) is 3.86. The van der Waals surface area contributed by atoms with Gasteiger partial charge in [0.15, 0.2) is 0 Å². The smallest absolute Gasteiger partial charge is 0.249 e. The van der Waals surface area contributed by atoms with Crippen LogP contribution in [0.2, 0.25) is 5.02 Å². The standard InChI is InChI=1S/C14H13ClFN3O2/c1-8(20)19-6-2-3-12(19)14-18-17-13(21-14)10-5-4-9(16)7-11(10)15/h4-5,7,12H,2-3,6H2,1H3/t12-/m1/s1.